The number of rotatable bonds is 3. The van der Waals surface area contributed by atoms with Crippen LogP contribution in [0.2, 0.25) is 0 Å². The second-order valence-electron chi connectivity index (χ2n) is 4.92. The number of anilines is 1. The molecule has 0 saturated heterocycles. The van der Waals surface area contributed by atoms with Crippen LogP contribution in [0.15, 0.2) is 48.5 Å². The molecule has 1 aliphatic heterocycles. The van der Waals surface area contributed by atoms with Gasteiger partial charge in [-0.05, 0) is 12.1 Å². The van der Waals surface area contributed by atoms with Crippen molar-refractivity contribution >= 4 is 11.6 Å². The summed E-state index contributed by atoms with van der Waals surface area (Å²) >= 11 is 0. The predicted octanol–water partition coefficient (Wildman–Crippen LogP) is 3.21. The number of fused-ring (bicyclic) bond motifs is 1. The van der Waals surface area contributed by atoms with Crippen molar-refractivity contribution in [3.8, 4) is 11.8 Å². The van der Waals surface area contributed by atoms with Crippen LogP contribution in [0.5, 0.6) is 5.75 Å². The first kappa shape index (κ1) is 14.1. The lowest BCUT2D eigenvalue weighted by Gasteiger charge is -2.34. The van der Waals surface area contributed by atoms with Gasteiger partial charge in [-0.1, -0.05) is 30.3 Å². The molecule has 0 N–H and O–H groups in total. The standard InChI is InChI=1S/C17H13FN2O2/c18-13-7-8-15-14(11-13)20(10-4-9-19)17(21)16(22-15)12-5-2-1-3-6-12/h1-3,5-8,11,16H,4,10H2. The van der Waals surface area contributed by atoms with Gasteiger partial charge in [0.1, 0.15) is 11.6 Å². The average Bonchev–Trinajstić information content (AvgIpc) is 2.54. The van der Waals surface area contributed by atoms with E-state index in [1.165, 1.54) is 23.1 Å². The van der Waals surface area contributed by atoms with Gasteiger partial charge in [-0.2, -0.15) is 5.26 Å². The number of amides is 1. The monoisotopic (exact) mass is 296 g/mol. The minimum absolute atomic E-state index is 0.170. The Bertz CT molecular complexity index is 740. The zero-order chi connectivity index (χ0) is 15.5. The molecule has 2 aromatic carbocycles. The van der Waals surface area contributed by atoms with Gasteiger partial charge in [0.2, 0.25) is 6.10 Å². The molecule has 0 aliphatic carbocycles. The minimum atomic E-state index is -0.780. The molecule has 2 aromatic rings. The molecule has 3 rings (SSSR count). The SMILES string of the molecule is N#CCCN1C(=O)C(c2ccccc2)Oc2ccc(F)cc21. The summed E-state index contributed by atoms with van der Waals surface area (Å²) in [5.74, 6) is -0.303. The first-order valence-electron chi connectivity index (χ1n) is 6.90. The Labute approximate surface area is 127 Å². The van der Waals surface area contributed by atoms with Crippen molar-refractivity contribution in [2.75, 3.05) is 11.4 Å². The Morgan fingerprint density at radius 1 is 1.23 bits per heavy atom. The summed E-state index contributed by atoms with van der Waals surface area (Å²) < 4.78 is 19.2. The Balaban J connectivity index is 2.03. The molecule has 1 aliphatic rings. The summed E-state index contributed by atoms with van der Waals surface area (Å²) in [4.78, 5) is 14.1. The Morgan fingerprint density at radius 3 is 2.73 bits per heavy atom. The van der Waals surface area contributed by atoms with Crippen LogP contribution < -0.4 is 9.64 Å². The average molecular weight is 296 g/mol. The third-order valence-electron chi connectivity index (χ3n) is 3.50. The van der Waals surface area contributed by atoms with E-state index in [0.29, 0.717) is 11.4 Å². The van der Waals surface area contributed by atoms with Crippen LogP contribution in [-0.4, -0.2) is 12.5 Å². The number of carbonyl (C=O) groups is 1. The maximum Gasteiger partial charge on any atom is 0.272 e. The fourth-order valence-electron chi connectivity index (χ4n) is 2.47. The number of carbonyl (C=O) groups excluding carboxylic acids is 1. The zero-order valence-electron chi connectivity index (χ0n) is 11.7. The van der Waals surface area contributed by atoms with Crippen molar-refractivity contribution in [1.29, 1.82) is 5.26 Å². The number of hydrogen-bond acceptors (Lipinski definition) is 3. The summed E-state index contributed by atoms with van der Waals surface area (Å²) in [7, 11) is 0. The molecule has 0 spiro atoms. The van der Waals surface area contributed by atoms with Gasteiger partial charge in [-0.15, -0.1) is 0 Å². The van der Waals surface area contributed by atoms with E-state index in [-0.39, 0.29) is 18.9 Å². The van der Waals surface area contributed by atoms with Gasteiger partial charge in [0.25, 0.3) is 5.91 Å². The Kier molecular flexibility index (Phi) is 3.75. The molecule has 1 amide bonds. The molecule has 4 nitrogen and oxygen atoms in total. The number of ether oxygens (including phenoxy) is 1. The van der Waals surface area contributed by atoms with Gasteiger partial charge >= 0.3 is 0 Å². The lowest BCUT2D eigenvalue weighted by Crippen LogP contribution is -2.41. The van der Waals surface area contributed by atoms with Gasteiger partial charge in [0.05, 0.1) is 18.2 Å². The van der Waals surface area contributed by atoms with Crippen molar-refractivity contribution < 1.29 is 13.9 Å². The van der Waals surface area contributed by atoms with Crippen molar-refractivity contribution in [3.63, 3.8) is 0 Å². The molecule has 0 saturated carbocycles. The second kappa shape index (κ2) is 5.86. The zero-order valence-corrected chi connectivity index (χ0v) is 11.7. The third-order valence-corrected chi connectivity index (χ3v) is 3.50. The maximum atomic E-state index is 13.5. The second-order valence-corrected chi connectivity index (χ2v) is 4.92. The van der Waals surface area contributed by atoms with E-state index in [1.807, 2.05) is 24.3 Å². The molecular formula is C17H13FN2O2. The van der Waals surface area contributed by atoms with E-state index in [1.54, 1.807) is 12.1 Å². The van der Waals surface area contributed by atoms with E-state index in [2.05, 4.69) is 0 Å². The topological polar surface area (TPSA) is 53.3 Å². The minimum Gasteiger partial charge on any atom is -0.474 e. The number of nitriles is 1. The van der Waals surface area contributed by atoms with Crippen LogP contribution in [0.3, 0.4) is 0 Å². The summed E-state index contributed by atoms with van der Waals surface area (Å²) in [6.07, 6.45) is -0.610. The molecule has 1 heterocycles. The van der Waals surface area contributed by atoms with E-state index in [9.17, 15) is 9.18 Å². The lowest BCUT2D eigenvalue weighted by atomic mass is 10.1. The Morgan fingerprint density at radius 2 is 2.00 bits per heavy atom. The van der Waals surface area contributed by atoms with Gasteiger partial charge < -0.3 is 9.64 Å². The van der Waals surface area contributed by atoms with Crippen LogP contribution in [0.4, 0.5) is 10.1 Å². The highest BCUT2D eigenvalue weighted by Gasteiger charge is 2.35. The highest BCUT2D eigenvalue weighted by Crippen LogP contribution is 2.39. The van der Waals surface area contributed by atoms with Crippen LogP contribution in [0.25, 0.3) is 0 Å². The molecule has 110 valence electrons. The summed E-state index contributed by atoms with van der Waals surface area (Å²) in [5, 5.41) is 8.78. The van der Waals surface area contributed by atoms with Crippen LogP contribution in [0.1, 0.15) is 18.1 Å². The van der Waals surface area contributed by atoms with Crippen LogP contribution in [0, 0.1) is 17.1 Å². The fraction of sp³-hybridized carbons (Fsp3) is 0.176. The van der Waals surface area contributed by atoms with Crippen LogP contribution in [-0.2, 0) is 4.79 Å². The van der Waals surface area contributed by atoms with Crippen molar-refractivity contribution in [2.24, 2.45) is 0 Å². The largest absolute Gasteiger partial charge is 0.474 e. The van der Waals surface area contributed by atoms with Crippen molar-refractivity contribution in [1.82, 2.24) is 0 Å². The third kappa shape index (κ3) is 2.51. The summed E-state index contributed by atoms with van der Waals surface area (Å²) in [6.45, 7) is 0.207. The first-order chi connectivity index (χ1) is 10.7. The van der Waals surface area contributed by atoms with E-state index in [0.717, 1.165) is 5.56 Å². The molecule has 0 fully saturated rings. The molecule has 1 atom stereocenters. The fourth-order valence-corrected chi connectivity index (χ4v) is 2.47. The first-order valence-corrected chi connectivity index (χ1v) is 6.90. The summed E-state index contributed by atoms with van der Waals surface area (Å²) in [6, 6.07) is 15.2. The number of benzene rings is 2. The molecular weight excluding hydrogens is 283 g/mol. The molecule has 1 unspecified atom stereocenters. The van der Waals surface area contributed by atoms with Crippen LogP contribution >= 0.6 is 0 Å². The van der Waals surface area contributed by atoms with Gasteiger partial charge in [-0.25, -0.2) is 4.39 Å². The van der Waals surface area contributed by atoms with Crippen molar-refractivity contribution in [2.45, 2.75) is 12.5 Å². The highest BCUT2D eigenvalue weighted by molar-refractivity contribution is 6.00. The van der Waals surface area contributed by atoms with E-state index in [4.69, 9.17) is 10.00 Å². The quantitative estimate of drug-likeness (QED) is 0.874. The predicted molar refractivity (Wildman–Crippen MR) is 78.8 cm³/mol. The highest BCUT2D eigenvalue weighted by atomic mass is 19.1. The van der Waals surface area contributed by atoms with Crippen molar-refractivity contribution in [3.05, 3.63) is 59.9 Å². The van der Waals surface area contributed by atoms with Gasteiger partial charge in [-0.3, -0.25) is 4.79 Å². The lowest BCUT2D eigenvalue weighted by molar-refractivity contribution is -0.126. The molecule has 0 aromatic heterocycles. The maximum absolute atomic E-state index is 13.5. The van der Waals surface area contributed by atoms with Gasteiger partial charge in [0.15, 0.2) is 0 Å². The molecule has 0 bridgehead atoms. The number of halogens is 1. The smallest absolute Gasteiger partial charge is 0.272 e. The molecule has 0 radical (unpaired) electrons. The number of hydrogen-bond donors (Lipinski definition) is 0. The molecule has 5 heteroatoms. The number of nitrogens with zero attached hydrogens (tertiary/aromatic N) is 2. The normalized spacial score (nSPS) is 16.6. The van der Waals surface area contributed by atoms with E-state index >= 15 is 0 Å². The molecule has 22 heavy (non-hydrogen) atoms. The summed E-state index contributed by atoms with van der Waals surface area (Å²) in [5.41, 5.74) is 1.09. The van der Waals surface area contributed by atoms with Gasteiger partial charge in [0, 0.05) is 18.2 Å². The van der Waals surface area contributed by atoms with E-state index < -0.39 is 11.9 Å². The Hall–Kier alpha value is -2.87.